The number of rotatable bonds is 4. The van der Waals surface area contributed by atoms with Gasteiger partial charge >= 0.3 is 5.97 Å². The summed E-state index contributed by atoms with van der Waals surface area (Å²) < 4.78 is 0. The lowest BCUT2D eigenvalue weighted by molar-refractivity contribution is -0.136. The summed E-state index contributed by atoms with van der Waals surface area (Å²) in [4.78, 5) is 15.4. The van der Waals surface area contributed by atoms with Crippen LogP contribution >= 0.6 is 11.6 Å². The van der Waals surface area contributed by atoms with Gasteiger partial charge in [-0.05, 0) is 42.8 Å². The number of aliphatic carboxylic acids is 1. The average Bonchev–Trinajstić information content (AvgIpc) is 2.49. The van der Waals surface area contributed by atoms with Gasteiger partial charge in [-0.1, -0.05) is 29.3 Å². The van der Waals surface area contributed by atoms with Crippen LogP contribution in [-0.4, -0.2) is 16.1 Å². The number of aryl methyl sites for hydroxylation is 1. The monoisotopic (exact) mass is 326 g/mol. The number of carbonyl (C=O) groups is 1. The fraction of sp³-hybridized carbons (Fsp3) is 0.111. The Hall–Kier alpha value is -2.59. The molecule has 0 aliphatic heterocycles. The van der Waals surface area contributed by atoms with Crippen molar-refractivity contribution in [3.8, 4) is 0 Å². The highest BCUT2D eigenvalue weighted by Crippen LogP contribution is 2.29. The van der Waals surface area contributed by atoms with E-state index in [0.29, 0.717) is 5.02 Å². The topological polar surface area (TPSA) is 62.2 Å². The largest absolute Gasteiger partial charge is 0.481 e. The van der Waals surface area contributed by atoms with Gasteiger partial charge in [-0.3, -0.25) is 9.78 Å². The molecule has 0 fully saturated rings. The number of benzene rings is 2. The van der Waals surface area contributed by atoms with Crippen molar-refractivity contribution < 1.29 is 9.90 Å². The smallest absolute Gasteiger partial charge is 0.307 e. The van der Waals surface area contributed by atoms with E-state index in [4.69, 9.17) is 16.7 Å². The number of nitrogens with one attached hydrogen (secondary N) is 1. The molecule has 0 unspecified atom stereocenters. The zero-order valence-electron chi connectivity index (χ0n) is 12.5. The summed E-state index contributed by atoms with van der Waals surface area (Å²) in [7, 11) is 0. The van der Waals surface area contributed by atoms with Crippen molar-refractivity contribution in [1.82, 2.24) is 4.98 Å². The fourth-order valence-corrected chi connectivity index (χ4v) is 2.70. The molecule has 0 radical (unpaired) electrons. The van der Waals surface area contributed by atoms with Crippen molar-refractivity contribution in [2.24, 2.45) is 0 Å². The Morgan fingerprint density at radius 1 is 1.17 bits per heavy atom. The van der Waals surface area contributed by atoms with Gasteiger partial charge in [0, 0.05) is 28.0 Å². The van der Waals surface area contributed by atoms with Crippen LogP contribution in [0.4, 0.5) is 11.4 Å². The van der Waals surface area contributed by atoms with Crippen molar-refractivity contribution in [2.45, 2.75) is 13.3 Å². The predicted octanol–water partition coefficient (Wildman–Crippen LogP) is 4.57. The van der Waals surface area contributed by atoms with E-state index < -0.39 is 5.97 Å². The maximum absolute atomic E-state index is 11.1. The van der Waals surface area contributed by atoms with E-state index in [1.54, 1.807) is 12.3 Å². The molecule has 0 aliphatic carbocycles. The third-order valence-corrected chi connectivity index (χ3v) is 3.81. The fourth-order valence-electron chi connectivity index (χ4n) is 2.53. The maximum Gasteiger partial charge on any atom is 0.307 e. The first-order valence-corrected chi connectivity index (χ1v) is 7.53. The molecule has 116 valence electrons. The molecule has 4 nitrogen and oxygen atoms in total. The Morgan fingerprint density at radius 2 is 2.00 bits per heavy atom. The van der Waals surface area contributed by atoms with Gasteiger partial charge in [-0.25, -0.2) is 0 Å². The van der Waals surface area contributed by atoms with Gasteiger partial charge in [-0.15, -0.1) is 0 Å². The summed E-state index contributed by atoms with van der Waals surface area (Å²) in [6.07, 6.45) is 1.67. The first-order chi connectivity index (χ1) is 11.0. The highest BCUT2D eigenvalue weighted by atomic mass is 35.5. The molecule has 3 rings (SSSR count). The van der Waals surface area contributed by atoms with E-state index >= 15 is 0 Å². The van der Waals surface area contributed by atoms with Gasteiger partial charge in [0.1, 0.15) is 0 Å². The quantitative estimate of drug-likeness (QED) is 0.737. The molecule has 0 bridgehead atoms. The van der Waals surface area contributed by atoms with Crippen LogP contribution in [0.5, 0.6) is 0 Å². The lowest BCUT2D eigenvalue weighted by Gasteiger charge is -2.14. The Kier molecular flexibility index (Phi) is 4.17. The number of halogens is 1. The predicted molar refractivity (Wildman–Crippen MR) is 92.6 cm³/mol. The molecule has 5 heteroatoms. The minimum Gasteiger partial charge on any atom is -0.481 e. The second-order valence-corrected chi connectivity index (χ2v) is 5.81. The summed E-state index contributed by atoms with van der Waals surface area (Å²) >= 11 is 6.01. The van der Waals surface area contributed by atoms with Crippen LogP contribution in [0, 0.1) is 6.92 Å². The summed E-state index contributed by atoms with van der Waals surface area (Å²) in [5.74, 6) is -0.856. The van der Waals surface area contributed by atoms with Crippen LogP contribution in [0.2, 0.25) is 5.02 Å². The second kappa shape index (κ2) is 6.26. The van der Waals surface area contributed by atoms with E-state index in [9.17, 15) is 4.79 Å². The van der Waals surface area contributed by atoms with Crippen molar-refractivity contribution in [1.29, 1.82) is 0 Å². The molecule has 3 aromatic rings. The lowest BCUT2D eigenvalue weighted by atomic mass is 10.1. The van der Waals surface area contributed by atoms with Crippen LogP contribution in [0.15, 0.2) is 48.7 Å². The summed E-state index contributed by atoms with van der Waals surface area (Å²) in [6, 6.07) is 13.1. The van der Waals surface area contributed by atoms with Crippen LogP contribution in [0.1, 0.15) is 11.1 Å². The van der Waals surface area contributed by atoms with Crippen molar-refractivity contribution >= 4 is 39.8 Å². The second-order valence-electron chi connectivity index (χ2n) is 5.38. The highest BCUT2D eigenvalue weighted by molar-refractivity contribution is 6.31. The number of carboxylic acids is 1. The summed E-state index contributed by atoms with van der Waals surface area (Å²) in [5.41, 5.74) is 4.20. The Balaban J connectivity index is 2.04. The molecule has 0 spiro atoms. The number of fused-ring (bicyclic) bond motifs is 1. The molecule has 0 saturated carbocycles. The minimum absolute atomic E-state index is 0.0289. The van der Waals surface area contributed by atoms with Crippen LogP contribution in [0.3, 0.4) is 0 Å². The number of aromatic nitrogens is 1. The molecule has 0 aliphatic rings. The number of hydrogen-bond donors (Lipinski definition) is 2. The van der Waals surface area contributed by atoms with Gasteiger partial charge in [0.15, 0.2) is 0 Å². The standard InChI is InChI=1S/C18H15ClN2O2/c1-11-2-5-15(12(8-11)9-18(22)23)21-16-6-7-20-17-10-13(19)3-4-14(16)17/h2-8,10H,9H2,1H3,(H,20,21)(H,22,23). The Morgan fingerprint density at radius 3 is 2.78 bits per heavy atom. The van der Waals surface area contributed by atoms with Crippen molar-refractivity contribution in [3.63, 3.8) is 0 Å². The Labute approximate surface area is 138 Å². The molecule has 1 heterocycles. The van der Waals surface area contributed by atoms with Gasteiger partial charge in [0.25, 0.3) is 0 Å². The molecule has 23 heavy (non-hydrogen) atoms. The Bertz CT molecular complexity index is 893. The zero-order chi connectivity index (χ0) is 16.4. The molecular weight excluding hydrogens is 312 g/mol. The average molecular weight is 327 g/mol. The number of carboxylic acid groups (broad SMARTS) is 1. The maximum atomic E-state index is 11.1. The molecule has 0 atom stereocenters. The first-order valence-electron chi connectivity index (χ1n) is 7.15. The summed E-state index contributed by atoms with van der Waals surface area (Å²) in [5, 5.41) is 14.0. The zero-order valence-corrected chi connectivity index (χ0v) is 13.3. The van der Waals surface area contributed by atoms with Gasteiger partial charge in [-0.2, -0.15) is 0 Å². The van der Waals surface area contributed by atoms with Gasteiger partial charge < -0.3 is 10.4 Å². The summed E-state index contributed by atoms with van der Waals surface area (Å²) in [6.45, 7) is 1.94. The third kappa shape index (κ3) is 3.43. The number of nitrogens with zero attached hydrogens (tertiary/aromatic N) is 1. The number of anilines is 2. The van der Waals surface area contributed by atoms with E-state index in [2.05, 4.69) is 10.3 Å². The SMILES string of the molecule is Cc1ccc(Nc2ccnc3cc(Cl)ccc23)c(CC(=O)O)c1. The number of hydrogen-bond acceptors (Lipinski definition) is 3. The third-order valence-electron chi connectivity index (χ3n) is 3.58. The molecule has 0 amide bonds. The van der Waals surface area contributed by atoms with E-state index in [0.717, 1.165) is 33.4 Å². The molecular formula is C18H15ClN2O2. The molecule has 0 saturated heterocycles. The molecule has 2 aromatic carbocycles. The van der Waals surface area contributed by atoms with Crippen LogP contribution < -0.4 is 5.32 Å². The van der Waals surface area contributed by atoms with E-state index in [-0.39, 0.29) is 6.42 Å². The van der Waals surface area contributed by atoms with Gasteiger partial charge in [0.05, 0.1) is 11.9 Å². The highest BCUT2D eigenvalue weighted by Gasteiger charge is 2.09. The van der Waals surface area contributed by atoms with Gasteiger partial charge in [0.2, 0.25) is 0 Å². The first kappa shape index (κ1) is 15.3. The normalized spacial score (nSPS) is 10.7. The van der Waals surface area contributed by atoms with Crippen LogP contribution in [0.25, 0.3) is 10.9 Å². The minimum atomic E-state index is -0.856. The van der Waals surface area contributed by atoms with Crippen molar-refractivity contribution in [3.05, 3.63) is 64.8 Å². The van der Waals surface area contributed by atoms with Crippen molar-refractivity contribution in [2.75, 3.05) is 5.32 Å². The number of pyridine rings is 1. The van der Waals surface area contributed by atoms with Crippen LogP contribution in [-0.2, 0) is 11.2 Å². The van der Waals surface area contributed by atoms with E-state index in [1.807, 2.05) is 43.3 Å². The molecule has 1 aromatic heterocycles. The lowest BCUT2D eigenvalue weighted by Crippen LogP contribution is -2.04. The molecule has 2 N–H and O–H groups in total. The van der Waals surface area contributed by atoms with E-state index in [1.165, 1.54) is 0 Å².